The maximum atomic E-state index is 9.20. The van der Waals surface area contributed by atoms with E-state index in [1.807, 2.05) is 43.4 Å². The number of anilines is 1. The Hall–Kier alpha value is -2.72. The fourth-order valence-corrected chi connectivity index (χ4v) is 2.73. The van der Waals surface area contributed by atoms with Crippen molar-refractivity contribution in [2.45, 2.75) is 13.8 Å². The topological polar surface area (TPSA) is 54.1 Å². The van der Waals surface area contributed by atoms with Gasteiger partial charge in [-0.1, -0.05) is 12.1 Å². The van der Waals surface area contributed by atoms with E-state index in [-0.39, 0.29) is 5.57 Å². The van der Waals surface area contributed by atoms with Gasteiger partial charge in [0.1, 0.15) is 17.7 Å². The zero-order chi connectivity index (χ0) is 16.3. The minimum Gasteiger partial charge on any atom is -0.383 e. The molecule has 0 bridgehead atoms. The molecule has 1 aromatic rings. The van der Waals surface area contributed by atoms with Gasteiger partial charge in [0.05, 0.1) is 0 Å². The highest BCUT2D eigenvalue weighted by Crippen LogP contribution is 2.32. The second-order valence-corrected chi connectivity index (χ2v) is 5.77. The normalized spacial score (nSPS) is 15.6. The summed E-state index contributed by atoms with van der Waals surface area (Å²) in [6.07, 6.45) is 2.00. The molecule has 22 heavy (non-hydrogen) atoms. The van der Waals surface area contributed by atoms with Crippen LogP contribution in [0, 0.1) is 36.5 Å². The molecule has 4 nitrogen and oxygen atoms in total. The minimum atomic E-state index is 0.209. The van der Waals surface area contributed by atoms with Crippen molar-refractivity contribution in [2.75, 3.05) is 32.1 Å². The molecule has 0 aliphatic carbocycles. The molecule has 0 N–H and O–H groups in total. The summed E-state index contributed by atoms with van der Waals surface area (Å²) in [5.74, 6) is 0. The lowest BCUT2D eigenvalue weighted by atomic mass is 10.1. The highest BCUT2D eigenvalue weighted by Gasteiger charge is 2.26. The Bertz CT molecular complexity index is 710. The second-order valence-electron chi connectivity index (χ2n) is 5.77. The van der Waals surface area contributed by atoms with E-state index in [0.29, 0.717) is 13.1 Å². The summed E-state index contributed by atoms with van der Waals surface area (Å²) < 4.78 is 0. The van der Waals surface area contributed by atoms with Gasteiger partial charge in [-0.15, -0.1) is 0 Å². The molecule has 1 aromatic carbocycles. The Kier molecular flexibility index (Phi) is 4.53. The Labute approximate surface area is 132 Å². The van der Waals surface area contributed by atoms with Gasteiger partial charge in [0.15, 0.2) is 0 Å². The molecule has 0 spiro atoms. The van der Waals surface area contributed by atoms with E-state index >= 15 is 0 Å². The van der Waals surface area contributed by atoms with Gasteiger partial charge in [-0.05, 0) is 36.6 Å². The van der Waals surface area contributed by atoms with Crippen LogP contribution in [0.15, 0.2) is 41.1 Å². The molecule has 0 radical (unpaired) electrons. The molecule has 0 amide bonds. The van der Waals surface area contributed by atoms with Crippen molar-refractivity contribution in [3.8, 4) is 12.1 Å². The van der Waals surface area contributed by atoms with Gasteiger partial charge < -0.3 is 9.80 Å². The molecule has 112 valence electrons. The molecule has 0 unspecified atom stereocenters. The molecule has 2 rings (SSSR count). The molecular formula is C18H20N4. The van der Waals surface area contributed by atoms with Crippen LogP contribution in [-0.2, 0) is 0 Å². The van der Waals surface area contributed by atoms with Gasteiger partial charge >= 0.3 is 0 Å². The van der Waals surface area contributed by atoms with Crippen LogP contribution in [0.1, 0.15) is 11.1 Å². The van der Waals surface area contributed by atoms with Crippen LogP contribution in [0.3, 0.4) is 0 Å². The van der Waals surface area contributed by atoms with E-state index < -0.39 is 0 Å². The number of nitrogens with zero attached hydrogens (tertiary/aromatic N) is 4. The van der Waals surface area contributed by atoms with Crippen LogP contribution in [0.5, 0.6) is 0 Å². The van der Waals surface area contributed by atoms with Crippen molar-refractivity contribution in [2.24, 2.45) is 0 Å². The van der Waals surface area contributed by atoms with Crippen LogP contribution >= 0.6 is 0 Å². The Morgan fingerprint density at radius 3 is 2.45 bits per heavy atom. The van der Waals surface area contributed by atoms with Gasteiger partial charge in [-0.2, -0.15) is 10.5 Å². The van der Waals surface area contributed by atoms with Gasteiger partial charge in [0, 0.05) is 44.6 Å². The molecule has 0 aromatic heterocycles. The Morgan fingerprint density at radius 2 is 1.86 bits per heavy atom. The summed E-state index contributed by atoms with van der Waals surface area (Å²) in [5.41, 5.74) is 5.72. The molecule has 1 heterocycles. The monoisotopic (exact) mass is 292 g/mol. The van der Waals surface area contributed by atoms with Crippen molar-refractivity contribution < 1.29 is 0 Å². The molecular weight excluding hydrogens is 272 g/mol. The number of benzene rings is 1. The second kappa shape index (κ2) is 6.37. The van der Waals surface area contributed by atoms with Crippen LogP contribution in [0.4, 0.5) is 5.69 Å². The maximum absolute atomic E-state index is 9.20. The Morgan fingerprint density at radius 1 is 1.18 bits per heavy atom. The summed E-state index contributed by atoms with van der Waals surface area (Å²) >= 11 is 0. The zero-order valence-electron chi connectivity index (χ0n) is 13.5. The van der Waals surface area contributed by atoms with Crippen molar-refractivity contribution in [3.63, 3.8) is 0 Å². The standard InChI is InChI=1S/C18H20N4/c1-13-6-5-7-18(14(13)2)22-11-16(10-21(3)4)17(12-22)15(8-19)9-20/h5-7,10H,11-12H2,1-4H3. The van der Waals surface area contributed by atoms with E-state index in [2.05, 4.69) is 30.9 Å². The fourth-order valence-electron chi connectivity index (χ4n) is 2.73. The maximum Gasteiger partial charge on any atom is 0.135 e. The average molecular weight is 292 g/mol. The van der Waals surface area contributed by atoms with E-state index in [1.54, 1.807) is 0 Å². The highest BCUT2D eigenvalue weighted by molar-refractivity contribution is 5.64. The lowest BCUT2D eigenvalue weighted by molar-refractivity contribution is 0.559. The van der Waals surface area contributed by atoms with Crippen molar-refractivity contribution in [1.82, 2.24) is 4.90 Å². The quantitative estimate of drug-likeness (QED) is 0.786. The zero-order valence-corrected chi connectivity index (χ0v) is 13.5. The van der Waals surface area contributed by atoms with Crippen LogP contribution in [0.25, 0.3) is 0 Å². The molecule has 1 aliphatic rings. The SMILES string of the molecule is Cc1cccc(N2CC(=CN(C)C)C(=C(C#N)C#N)C2)c1C. The van der Waals surface area contributed by atoms with Crippen LogP contribution in [0.2, 0.25) is 0 Å². The van der Waals surface area contributed by atoms with Gasteiger partial charge in [-0.25, -0.2) is 0 Å². The summed E-state index contributed by atoms with van der Waals surface area (Å²) in [4.78, 5) is 4.18. The number of aryl methyl sites for hydroxylation is 1. The predicted molar refractivity (Wildman–Crippen MR) is 88.2 cm³/mol. The average Bonchev–Trinajstić information content (AvgIpc) is 2.86. The Balaban J connectivity index is 2.49. The highest BCUT2D eigenvalue weighted by atomic mass is 15.2. The number of allylic oxidation sites excluding steroid dienone is 1. The predicted octanol–water partition coefficient (Wildman–Crippen LogP) is 2.91. The lowest BCUT2D eigenvalue weighted by Gasteiger charge is -2.20. The summed E-state index contributed by atoms with van der Waals surface area (Å²) in [6.45, 7) is 5.51. The fraction of sp³-hybridized carbons (Fsp3) is 0.333. The number of hydrogen-bond donors (Lipinski definition) is 0. The molecule has 1 fully saturated rings. The van der Waals surface area contributed by atoms with Crippen LogP contribution < -0.4 is 4.90 Å². The van der Waals surface area contributed by atoms with Gasteiger partial charge in [0.2, 0.25) is 0 Å². The molecule has 0 saturated carbocycles. The van der Waals surface area contributed by atoms with E-state index in [1.165, 1.54) is 11.1 Å². The summed E-state index contributed by atoms with van der Waals surface area (Å²) in [5, 5.41) is 18.4. The van der Waals surface area contributed by atoms with E-state index in [4.69, 9.17) is 0 Å². The summed E-state index contributed by atoms with van der Waals surface area (Å²) in [7, 11) is 3.90. The molecule has 1 saturated heterocycles. The first-order valence-corrected chi connectivity index (χ1v) is 7.20. The number of rotatable bonds is 2. The third-order valence-corrected chi connectivity index (χ3v) is 3.95. The molecule has 4 heteroatoms. The first kappa shape index (κ1) is 15.7. The number of hydrogen-bond acceptors (Lipinski definition) is 4. The van der Waals surface area contributed by atoms with Crippen molar-refractivity contribution >= 4 is 5.69 Å². The van der Waals surface area contributed by atoms with Crippen LogP contribution in [-0.4, -0.2) is 32.1 Å². The lowest BCUT2D eigenvalue weighted by Crippen LogP contribution is -2.19. The molecule has 0 atom stereocenters. The smallest absolute Gasteiger partial charge is 0.135 e. The van der Waals surface area contributed by atoms with E-state index in [0.717, 1.165) is 16.8 Å². The first-order valence-electron chi connectivity index (χ1n) is 7.20. The van der Waals surface area contributed by atoms with Gasteiger partial charge in [-0.3, -0.25) is 0 Å². The van der Waals surface area contributed by atoms with Crippen molar-refractivity contribution in [3.05, 3.63) is 52.2 Å². The largest absolute Gasteiger partial charge is 0.383 e. The third-order valence-electron chi connectivity index (χ3n) is 3.95. The minimum absolute atomic E-state index is 0.209. The third kappa shape index (κ3) is 2.97. The first-order chi connectivity index (χ1) is 10.5. The van der Waals surface area contributed by atoms with E-state index in [9.17, 15) is 10.5 Å². The van der Waals surface area contributed by atoms with Crippen molar-refractivity contribution in [1.29, 1.82) is 10.5 Å². The molecule has 1 aliphatic heterocycles. The summed E-state index contributed by atoms with van der Waals surface area (Å²) in [6, 6.07) is 10.3. The number of nitriles is 2. The van der Waals surface area contributed by atoms with Gasteiger partial charge in [0.25, 0.3) is 0 Å².